The highest BCUT2D eigenvalue weighted by Gasteiger charge is 2.10. The van der Waals surface area contributed by atoms with Gasteiger partial charge in [-0.15, -0.1) is 0 Å². The summed E-state index contributed by atoms with van der Waals surface area (Å²) in [5.74, 6) is 1.14. The second-order valence-corrected chi connectivity index (χ2v) is 4.01. The van der Waals surface area contributed by atoms with Crippen molar-refractivity contribution in [2.45, 2.75) is 0 Å². The minimum Gasteiger partial charge on any atom is -0.456 e. The fraction of sp³-hybridized carbons (Fsp3) is 0. The minimum atomic E-state index is -0.457. The van der Waals surface area contributed by atoms with Crippen molar-refractivity contribution in [2.75, 3.05) is 0 Å². The van der Waals surface area contributed by atoms with E-state index in [1.165, 1.54) is 12.1 Å². The lowest BCUT2D eigenvalue weighted by molar-refractivity contribution is -0.384. The third-order valence-corrected chi connectivity index (χ3v) is 2.62. The molecule has 0 fully saturated rings. The van der Waals surface area contributed by atoms with Gasteiger partial charge in [0, 0.05) is 24.5 Å². The van der Waals surface area contributed by atoms with E-state index in [-0.39, 0.29) is 5.69 Å². The minimum absolute atomic E-state index is 0.0129. The number of halogens is 1. The molecule has 0 unspecified atom stereocenters. The maximum atomic E-state index is 10.6. The average molecular weight is 295 g/mol. The van der Waals surface area contributed by atoms with Crippen LogP contribution < -0.4 is 4.74 Å². The van der Waals surface area contributed by atoms with Gasteiger partial charge in [0.15, 0.2) is 0 Å². The Morgan fingerprint density at radius 3 is 2.53 bits per heavy atom. The molecule has 1 aromatic heterocycles. The Morgan fingerprint density at radius 2 is 1.94 bits per heavy atom. The van der Waals surface area contributed by atoms with E-state index in [1.54, 1.807) is 30.6 Å². The van der Waals surface area contributed by atoms with Crippen molar-refractivity contribution in [1.29, 1.82) is 0 Å². The molecule has 0 N–H and O–H groups in total. The van der Waals surface area contributed by atoms with Crippen molar-refractivity contribution in [3.05, 3.63) is 57.3 Å². The van der Waals surface area contributed by atoms with Crippen molar-refractivity contribution in [3.63, 3.8) is 0 Å². The van der Waals surface area contributed by atoms with Crippen molar-refractivity contribution >= 4 is 21.6 Å². The van der Waals surface area contributed by atoms with E-state index in [0.29, 0.717) is 16.0 Å². The van der Waals surface area contributed by atoms with Gasteiger partial charge < -0.3 is 4.74 Å². The Hall–Kier alpha value is -1.95. The van der Waals surface area contributed by atoms with Crippen molar-refractivity contribution < 1.29 is 9.66 Å². The van der Waals surface area contributed by atoms with Crippen LogP contribution in [0.2, 0.25) is 0 Å². The summed E-state index contributed by atoms with van der Waals surface area (Å²) in [6, 6.07) is 7.74. The fourth-order valence-corrected chi connectivity index (χ4v) is 1.67. The number of ether oxygens (including phenoxy) is 1. The van der Waals surface area contributed by atoms with Gasteiger partial charge in [0.05, 0.1) is 9.40 Å². The third kappa shape index (κ3) is 2.79. The first-order chi connectivity index (χ1) is 8.16. The molecule has 0 saturated carbocycles. The van der Waals surface area contributed by atoms with Crippen molar-refractivity contribution in [1.82, 2.24) is 4.98 Å². The largest absolute Gasteiger partial charge is 0.456 e. The van der Waals surface area contributed by atoms with Crippen LogP contribution >= 0.6 is 15.9 Å². The molecule has 86 valence electrons. The molecular formula is C11H7BrN2O3. The predicted octanol–water partition coefficient (Wildman–Crippen LogP) is 3.54. The number of hydrogen-bond donors (Lipinski definition) is 0. The van der Waals surface area contributed by atoms with Crippen LogP contribution in [0.15, 0.2) is 47.2 Å². The van der Waals surface area contributed by atoms with Gasteiger partial charge in [-0.3, -0.25) is 15.1 Å². The molecule has 0 spiro atoms. The molecule has 0 bridgehead atoms. The number of hydrogen-bond acceptors (Lipinski definition) is 4. The molecule has 6 heteroatoms. The molecule has 1 heterocycles. The first kappa shape index (κ1) is 11.5. The molecule has 0 aliphatic heterocycles. The normalized spacial score (nSPS) is 9.94. The van der Waals surface area contributed by atoms with Gasteiger partial charge >= 0.3 is 0 Å². The van der Waals surface area contributed by atoms with Gasteiger partial charge in [0.2, 0.25) is 0 Å². The van der Waals surface area contributed by atoms with Crippen LogP contribution in [0, 0.1) is 10.1 Å². The molecule has 2 rings (SSSR count). The second kappa shape index (κ2) is 4.92. The Bertz CT molecular complexity index is 546. The van der Waals surface area contributed by atoms with Crippen LogP contribution in [0.5, 0.6) is 11.5 Å². The highest BCUT2D eigenvalue weighted by Crippen LogP contribution is 2.32. The summed E-state index contributed by atoms with van der Waals surface area (Å²) >= 11 is 3.23. The monoisotopic (exact) mass is 294 g/mol. The lowest BCUT2D eigenvalue weighted by atomic mass is 10.3. The Balaban J connectivity index is 2.26. The summed E-state index contributed by atoms with van der Waals surface area (Å²) in [6.45, 7) is 0. The Labute approximate surface area is 105 Å². The maximum Gasteiger partial charge on any atom is 0.270 e. The number of nitro benzene ring substituents is 1. The lowest BCUT2D eigenvalue weighted by Crippen LogP contribution is -1.90. The maximum absolute atomic E-state index is 10.6. The Morgan fingerprint density at radius 1 is 1.24 bits per heavy atom. The topological polar surface area (TPSA) is 65.3 Å². The van der Waals surface area contributed by atoms with Gasteiger partial charge in [-0.1, -0.05) is 0 Å². The van der Waals surface area contributed by atoms with Gasteiger partial charge in [0.25, 0.3) is 5.69 Å². The summed E-state index contributed by atoms with van der Waals surface area (Å²) in [5, 5.41) is 10.6. The highest BCUT2D eigenvalue weighted by molar-refractivity contribution is 9.10. The van der Waals surface area contributed by atoms with E-state index in [1.807, 2.05) is 0 Å². The average Bonchev–Trinajstić information content (AvgIpc) is 2.33. The number of pyridine rings is 1. The van der Waals surface area contributed by atoms with Crippen molar-refractivity contribution in [2.24, 2.45) is 0 Å². The van der Waals surface area contributed by atoms with Crippen LogP contribution in [0.25, 0.3) is 0 Å². The highest BCUT2D eigenvalue weighted by atomic mass is 79.9. The number of rotatable bonds is 3. The zero-order chi connectivity index (χ0) is 12.3. The number of nitrogens with zero attached hydrogens (tertiary/aromatic N) is 2. The van der Waals surface area contributed by atoms with Crippen LogP contribution in [0.3, 0.4) is 0 Å². The zero-order valence-corrected chi connectivity index (χ0v) is 10.1. The summed E-state index contributed by atoms with van der Waals surface area (Å²) in [7, 11) is 0. The summed E-state index contributed by atoms with van der Waals surface area (Å²) in [4.78, 5) is 14.0. The predicted molar refractivity (Wildman–Crippen MR) is 65.1 cm³/mol. The summed E-state index contributed by atoms with van der Waals surface area (Å²) in [5.41, 5.74) is 0.0129. The smallest absolute Gasteiger partial charge is 0.270 e. The molecule has 17 heavy (non-hydrogen) atoms. The van der Waals surface area contributed by atoms with Crippen LogP contribution in [-0.2, 0) is 0 Å². The molecule has 1 aromatic carbocycles. The number of nitro groups is 1. The van der Waals surface area contributed by atoms with E-state index in [0.717, 1.165) is 0 Å². The molecule has 0 atom stereocenters. The fourth-order valence-electron chi connectivity index (χ4n) is 1.22. The lowest BCUT2D eigenvalue weighted by Gasteiger charge is -2.06. The van der Waals surface area contributed by atoms with E-state index in [2.05, 4.69) is 20.9 Å². The first-order valence-corrected chi connectivity index (χ1v) is 5.48. The first-order valence-electron chi connectivity index (χ1n) is 4.68. The molecule has 0 saturated heterocycles. The molecular weight excluding hydrogens is 288 g/mol. The Kier molecular flexibility index (Phi) is 3.34. The molecule has 2 aromatic rings. The zero-order valence-electron chi connectivity index (χ0n) is 8.54. The molecule has 0 aliphatic carbocycles. The number of non-ortho nitro benzene ring substituents is 1. The van der Waals surface area contributed by atoms with E-state index in [4.69, 9.17) is 4.74 Å². The van der Waals surface area contributed by atoms with Crippen molar-refractivity contribution in [3.8, 4) is 11.5 Å². The quantitative estimate of drug-likeness (QED) is 0.641. The van der Waals surface area contributed by atoms with E-state index in [9.17, 15) is 10.1 Å². The van der Waals surface area contributed by atoms with Gasteiger partial charge in [-0.2, -0.15) is 0 Å². The molecule has 0 amide bonds. The summed E-state index contributed by atoms with van der Waals surface area (Å²) < 4.78 is 6.07. The van der Waals surface area contributed by atoms with Crippen LogP contribution in [-0.4, -0.2) is 9.91 Å². The third-order valence-electron chi connectivity index (χ3n) is 2.00. The van der Waals surface area contributed by atoms with Gasteiger partial charge in [-0.05, 0) is 34.1 Å². The van der Waals surface area contributed by atoms with E-state index < -0.39 is 4.92 Å². The molecule has 0 radical (unpaired) electrons. The molecule has 5 nitrogen and oxygen atoms in total. The second-order valence-electron chi connectivity index (χ2n) is 3.16. The number of benzene rings is 1. The van der Waals surface area contributed by atoms with Crippen LogP contribution in [0.4, 0.5) is 5.69 Å². The number of aromatic nitrogens is 1. The van der Waals surface area contributed by atoms with Gasteiger partial charge in [0.1, 0.15) is 11.5 Å². The van der Waals surface area contributed by atoms with Gasteiger partial charge in [-0.25, -0.2) is 0 Å². The summed E-state index contributed by atoms with van der Waals surface area (Å²) in [6.07, 6.45) is 3.21. The van der Waals surface area contributed by atoms with Crippen LogP contribution in [0.1, 0.15) is 0 Å². The SMILES string of the molecule is O=[N+]([O-])c1ccc(Oc2ccncc2)c(Br)c1. The standard InChI is InChI=1S/C11H7BrN2O3/c12-10-7-8(14(15)16)1-2-11(10)17-9-3-5-13-6-4-9/h1-7H. The van der Waals surface area contributed by atoms with E-state index >= 15 is 0 Å². The molecule has 0 aliphatic rings.